The van der Waals surface area contributed by atoms with E-state index in [1.165, 1.54) is 24.8 Å². The van der Waals surface area contributed by atoms with Crippen LogP contribution in [-0.4, -0.2) is 39.0 Å². The number of hydrogen-bond acceptors (Lipinski definition) is 5. The Morgan fingerprint density at radius 3 is 2.76 bits per heavy atom. The van der Waals surface area contributed by atoms with Gasteiger partial charge in [-0.25, -0.2) is 0 Å². The summed E-state index contributed by atoms with van der Waals surface area (Å²) in [4.78, 5) is 12.3. The van der Waals surface area contributed by atoms with Crippen LogP contribution in [-0.2, 0) is 14.9 Å². The normalized spacial score (nSPS) is 19.4. The van der Waals surface area contributed by atoms with Gasteiger partial charge < -0.3 is 25.3 Å². The molecule has 1 atom stereocenters. The summed E-state index contributed by atoms with van der Waals surface area (Å²) in [5.41, 5.74) is 6.79. The van der Waals surface area contributed by atoms with Crippen molar-refractivity contribution in [1.29, 1.82) is 0 Å². The molecule has 0 saturated heterocycles. The number of nitrogens with two attached hydrogens (primary N) is 1. The lowest BCUT2D eigenvalue weighted by Gasteiger charge is -2.38. The van der Waals surface area contributed by atoms with Crippen LogP contribution in [0.3, 0.4) is 0 Å². The lowest BCUT2D eigenvalue weighted by atomic mass is 9.69. The van der Waals surface area contributed by atoms with E-state index in [-0.39, 0.29) is 24.2 Å². The number of methoxy groups -OCH3 is 1. The second-order valence-electron chi connectivity index (χ2n) is 6.98. The van der Waals surface area contributed by atoms with Gasteiger partial charge in [0.15, 0.2) is 11.5 Å². The molecule has 3 rings (SSSR count). The van der Waals surface area contributed by atoms with E-state index in [4.69, 9.17) is 19.9 Å². The van der Waals surface area contributed by atoms with Crippen LogP contribution in [0, 0.1) is 0 Å². The molecule has 3 N–H and O–H groups in total. The van der Waals surface area contributed by atoms with E-state index in [2.05, 4.69) is 17.4 Å². The van der Waals surface area contributed by atoms with E-state index in [1.807, 2.05) is 6.07 Å². The van der Waals surface area contributed by atoms with E-state index >= 15 is 0 Å². The number of rotatable bonds is 7. The first-order valence-electron chi connectivity index (χ1n) is 9.06. The number of hydrogen-bond donors (Lipinski definition) is 2. The highest BCUT2D eigenvalue weighted by atomic mass is 16.7. The molecule has 1 fully saturated rings. The van der Waals surface area contributed by atoms with Gasteiger partial charge in [-0.05, 0) is 30.5 Å². The predicted octanol–water partition coefficient (Wildman–Crippen LogP) is 2.10. The largest absolute Gasteiger partial charge is 0.454 e. The fourth-order valence-electron chi connectivity index (χ4n) is 3.83. The molecule has 6 nitrogen and oxygen atoms in total. The quantitative estimate of drug-likeness (QED) is 0.788. The van der Waals surface area contributed by atoms with Crippen molar-refractivity contribution in [3.63, 3.8) is 0 Å². The van der Waals surface area contributed by atoms with Gasteiger partial charge in [-0.1, -0.05) is 25.3 Å². The highest BCUT2D eigenvalue weighted by Gasteiger charge is 2.35. The molecule has 1 saturated carbocycles. The van der Waals surface area contributed by atoms with Crippen molar-refractivity contribution >= 4 is 5.91 Å². The molecule has 1 unspecified atom stereocenters. The third-order valence-corrected chi connectivity index (χ3v) is 5.43. The van der Waals surface area contributed by atoms with Crippen LogP contribution in [0.25, 0.3) is 0 Å². The number of nitrogens with one attached hydrogen (secondary N) is 1. The van der Waals surface area contributed by atoms with Gasteiger partial charge in [0.05, 0.1) is 12.5 Å². The molecule has 1 heterocycles. The minimum atomic E-state index is -0.229. The van der Waals surface area contributed by atoms with Crippen molar-refractivity contribution in [2.45, 2.75) is 50.0 Å². The van der Waals surface area contributed by atoms with Crippen LogP contribution < -0.4 is 20.5 Å². The summed E-state index contributed by atoms with van der Waals surface area (Å²) < 4.78 is 16.2. The average molecular weight is 348 g/mol. The first-order chi connectivity index (χ1) is 12.2. The fourth-order valence-corrected chi connectivity index (χ4v) is 3.83. The number of carbonyl (C=O) groups is 1. The van der Waals surface area contributed by atoms with Gasteiger partial charge in [0.1, 0.15) is 0 Å². The number of ether oxygens (including phenoxy) is 3. The van der Waals surface area contributed by atoms with Crippen molar-refractivity contribution in [1.82, 2.24) is 5.32 Å². The molecule has 1 aromatic rings. The van der Waals surface area contributed by atoms with Crippen LogP contribution in [0.4, 0.5) is 0 Å². The number of carbonyl (C=O) groups excluding carboxylic acids is 1. The molecular weight excluding hydrogens is 320 g/mol. The van der Waals surface area contributed by atoms with E-state index in [1.54, 1.807) is 7.11 Å². The van der Waals surface area contributed by atoms with Crippen LogP contribution >= 0.6 is 0 Å². The second kappa shape index (κ2) is 8.06. The zero-order valence-electron chi connectivity index (χ0n) is 14.9. The molecule has 0 aromatic heterocycles. The Balaban J connectivity index is 1.72. The van der Waals surface area contributed by atoms with Gasteiger partial charge in [0.2, 0.25) is 12.7 Å². The second-order valence-corrected chi connectivity index (χ2v) is 6.98. The Hall–Kier alpha value is -1.79. The molecular formula is C19H28N2O4. The molecule has 1 aliphatic carbocycles. The molecule has 0 radical (unpaired) electrons. The maximum Gasteiger partial charge on any atom is 0.231 e. The fraction of sp³-hybridized carbons (Fsp3) is 0.632. The van der Waals surface area contributed by atoms with Gasteiger partial charge in [-0.3, -0.25) is 4.79 Å². The Morgan fingerprint density at radius 1 is 1.28 bits per heavy atom. The third kappa shape index (κ3) is 4.07. The third-order valence-electron chi connectivity index (χ3n) is 5.43. The van der Waals surface area contributed by atoms with Crippen LogP contribution in [0.15, 0.2) is 18.2 Å². The predicted molar refractivity (Wildman–Crippen MR) is 94.8 cm³/mol. The number of amides is 1. The maximum atomic E-state index is 12.3. The summed E-state index contributed by atoms with van der Waals surface area (Å²) >= 11 is 0. The minimum absolute atomic E-state index is 0.0111. The summed E-state index contributed by atoms with van der Waals surface area (Å²) in [6, 6.07) is 6.17. The smallest absolute Gasteiger partial charge is 0.231 e. The zero-order valence-corrected chi connectivity index (χ0v) is 14.9. The van der Waals surface area contributed by atoms with Crippen molar-refractivity contribution in [3.05, 3.63) is 23.8 Å². The van der Waals surface area contributed by atoms with E-state index in [0.29, 0.717) is 19.5 Å². The first kappa shape index (κ1) is 18.0. The minimum Gasteiger partial charge on any atom is -0.454 e. The summed E-state index contributed by atoms with van der Waals surface area (Å²) in [5, 5.41) is 3.11. The highest BCUT2D eigenvalue weighted by Crippen LogP contribution is 2.43. The number of benzene rings is 1. The SMILES string of the molecule is COC(CN)CC(=O)NCC1(c2ccc3c(c2)OCO3)CCCCC1. The van der Waals surface area contributed by atoms with Gasteiger partial charge >= 0.3 is 0 Å². The van der Waals surface area contributed by atoms with Crippen molar-refractivity contribution in [2.75, 3.05) is 27.0 Å². The molecule has 25 heavy (non-hydrogen) atoms. The van der Waals surface area contributed by atoms with Gasteiger partial charge in [-0.15, -0.1) is 0 Å². The van der Waals surface area contributed by atoms with Gasteiger partial charge in [0.25, 0.3) is 0 Å². The summed E-state index contributed by atoms with van der Waals surface area (Å²) in [6.07, 6.45) is 5.80. The monoisotopic (exact) mass is 348 g/mol. The molecule has 6 heteroatoms. The molecule has 138 valence electrons. The van der Waals surface area contributed by atoms with Crippen LogP contribution in [0.2, 0.25) is 0 Å². The van der Waals surface area contributed by atoms with E-state index < -0.39 is 0 Å². The van der Waals surface area contributed by atoms with Gasteiger partial charge in [-0.2, -0.15) is 0 Å². The summed E-state index contributed by atoms with van der Waals surface area (Å²) in [6.45, 7) is 1.25. The summed E-state index contributed by atoms with van der Waals surface area (Å²) in [5.74, 6) is 1.59. The highest BCUT2D eigenvalue weighted by molar-refractivity contribution is 5.76. The van der Waals surface area contributed by atoms with Crippen LogP contribution in [0.1, 0.15) is 44.1 Å². The Bertz CT molecular complexity index is 595. The lowest BCUT2D eigenvalue weighted by Crippen LogP contribution is -2.43. The topological polar surface area (TPSA) is 82.8 Å². The Morgan fingerprint density at radius 2 is 2.04 bits per heavy atom. The molecule has 1 aromatic carbocycles. The molecule has 0 spiro atoms. The van der Waals surface area contributed by atoms with Crippen molar-refractivity contribution in [2.24, 2.45) is 5.73 Å². The van der Waals surface area contributed by atoms with Crippen LogP contribution in [0.5, 0.6) is 11.5 Å². The molecule has 2 aliphatic rings. The van der Waals surface area contributed by atoms with Crippen molar-refractivity contribution in [3.8, 4) is 11.5 Å². The maximum absolute atomic E-state index is 12.3. The average Bonchev–Trinajstić information content (AvgIpc) is 3.13. The Labute approximate surface area is 149 Å². The van der Waals surface area contributed by atoms with Gasteiger partial charge in [0, 0.05) is 25.6 Å². The first-order valence-corrected chi connectivity index (χ1v) is 9.06. The standard InChI is InChI=1S/C19H28N2O4/c1-23-15(11-20)10-18(22)21-12-19(7-3-2-4-8-19)14-5-6-16-17(9-14)25-13-24-16/h5-6,9,15H,2-4,7-8,10-13,20H2,1H3,(H,21,22). The zero-order chi connectivity index (χ0) is 17.7. The molecule has 1 amide bonds. The van der Waals surface area contributed by atoms with E-state index in [9.17, 15) is 4.79 Å². The Kier molecular flexibility index (Phi) is 5.81. The number of fused-ring (bicyclic) bond motifs is 1. The van der Waals surface area contributed by atoms with E-state index in [0.717, 1.165) is 24.3 Å². The molecule has 1 aliphatic heterocycles. The molecule has 0 bridgehead atoms. The lowest BCUT2D eigenvalue weighted by molar-refractivity contribution is -0.123. The van der Waals surface area contributed by atoms with Crippen molar-refractivity contribution < 1.29 is 19.0 Å². The summed E-state index contributed by atoms with van der Waals surface area (Å²) in [7, 11) is 1.58.